The Kier molecular flexibility index (Phi) is 8.12. The average molecular weight is 519 g/mol. The number of hydrogen-bond acceptors (Lipinski definition) is 7. The van der Waals surface area contributed by atoms with E-state index < -0.39 is 0 Å². The average Bonchev–Trinajstić information content (AvgIpc) is 2.90. The van der Waals surface area contributed by atoms with Crippen molar-refractivity contribution in [3.8, 4) is 0 Å². The van der Waals surface area contributed by atoms with Gasteiger partial charge in [-0.25, -0.2) is 4.79 Å². The Labute approximate surface area is 224 Å². The standard InChI is InChI=1S/C29H38N6O3/c30-23-4-6-24(7-5-23)33-14-2-1-3-22(12-15-33)27(36)21-32-17-19-34(20-18-32)25-8-10-26(11-9-25)35-16-13-28(37)31-29(35)38/h4-11,22H,1-3,12-21,30H2,(H,31,37,38). The summed E-state index contributed by atoms with van der Waals surface area (Å²) in [5.74, 6) is 0.272. The van der Waals surface area contributed by atoms with Gasteiger partial charge in [-0.3, -0.25) is 24.7 Å². The van der Waals surface area contributed by atoms with E-state index in [-0.39, 0.29) is 17.9 Å². The van der Waals surface area contributed by atoms with Crippen molar-refractivity contribution in [2.24, 2.45) is 5.92 Å². The molecule has 3 saturated heterocycles. The van der Waals surface area contributed by atoms with Gasteiger partial charge in [0.1, 0.15) is 5.78 Å². The van der Waals surface area contributed by atoms with Crippen molar-refractivity contribution in [1.82, 2.24) is 10.2 Å². The fourth-order valence-electron chi connectivity index (χ4n) is 5.69. The van der Waals surface area contributed by atoms with Gasteiger partial charge in [0.2, 0.25) is 5.91 Å². The molecule has 2 aromatic rings. The topological polar surface area (TPSA) is 102 Å². The second-order valence-electron chi connectivity index (χ2n) is 10.6. The second-order valence-corrected chi connectivity index (χ2v) is 10.6. The molecule has 38 heavy (non-hydrogen) atoms. The Morgan fingerprint density at radius 2 is 1.39 bits per heavy atom. The summed E-state index contributed by atoms with van der Waals surface area (Å²) < 4.78 is 0. The Hall–Kier alpha value is -3.59. The van der Waals surface area contributed by atoms with Crippen molar-refractivity contribution in [2.45, 2.75) is 32.1 Å². The normalized spacial score (nSPS) is 21.6. The highest BCUT2D eigenvalue weighted by atomic mass is 16.2. The van der Waals surface area contributed by atoms with E-state index in [1.165, 1.54) is 5.69 Å². The Morgan fingerprint density at radius 1 is 0.763 bits per heavy atom. The van der Waals surface area contributed by atoms with Crippen LogP contribution in [0.5, 0.6) is 0 Å². The van der Waals surface area contributed by atoms with Gasteiger partial charge in [-0.1, -0.05) is 6.42 Å². The van der Waals surface area contributed by atoms with Gasteiger partial charge < -0.3 is 15.5 Å². The number of rotatable bonds is 6. The molecule has 3 heterocycles. The first-order valence-electron chi connectivity index (χ1n) is 13.8. The smallest absolute Gasteiger partial charge is 0.328 e. The minimum atomic E-state index is -0.366. The third kappa shape index (κ3) is 6.27. The number of amides is 3. The molecule has 3 amide bonds. The summed E-state index contributed by atoms with van der Waals surface area (Å²) in [5, 5.41) is 2.37. The number of nitrogens with two attached hydrogens (primary N) is 1. The highest BCUT2D eigenvalue weighted by Crippen LogP contribution is 2.26. The summed E-state index contributed by atoms with van der Waals surface area (Å²) in [5.41, 5.74) is 9.71. The van der Waals surface area contributed by atoms with Crippen LogP contribution in [0.4, 0.5) is 27.5 Å². The molecule has 3 aliphatic rings. The van der Waals surface area contributed by atoms with E-state index in [2.05, 4.69) is 32.1 Å². The molecule has 9 heteroatoms. The van der Waals surface area contributed by atoms with Crippen molar-refractivity contribution in [3.05, 3.63) is 48.5 Å². The second kappa shape index (κ2) is 11.9. The van der Waals surface area contributed by atoms with Crippen LogP contribution in [0.15, 0.2) is 48.5 Å². The lowest BCUT2D eigenvalue weighted by atomic mass is 9.91. The van der Waals surface area contributed by atoms with Crippen molar-refractivity contribution < 1.29 is 14.4 Å². The zero-order valence-electron chi connectivity index (χ0n) is 22.0. The number of urea groups is 1. The SMILES string of the molecule is Nc1ccc(N2CCCCC(C(=O)CN3CCN(c4ccc(N5CCC(=O)NC5=O)cc4)CC3)CC2)cc1. The van der Waals surface area contributed by atoms with Gasteiger partial charge in [-0.2, -0.15) is 0 Å². The van der Waals surface area contributed by atoms with Gasteiger partial charge in [0.15, 0.2) is 0 Å². The maximum absolute atomic E-state index is 13.3. The van der Waals surface area contributed by atoms with Crippen LogP contribution >= 0.6 is 0 Å². The van der Waals surface area contributed by atoms with Gasteiger partial charge in [0.05, 0.1) is 6.54 Å². The number of benzene rings is 2. The van der Waals surface area contributed by atoms with Crippen LogP contribution in [0.2, 0.25) is 0 Å². The number of imide groups is 1. The molecule has 2 aromatic carbocycles. The van der Waals surface area contributed by atoms with Crippen molar-refractivity contribution >= 4 is 40.5 Å². The molecule has 5 rings (SSSR count). The lowest BCUT2D eigenvalue weighted by molar-refractivity contribution is -0.124. The summed E-state index contributed by atoms with van der Waals surface area (Å²) in [6, 6.07) is 15.6. The molecule has 3 fully saturated rings. The number of nitrogens with one attached hydrogen (secondary N) is 1. The van der Waals surface area contributed by atoms with E-state index in [1.807, 2.05) is 36.4 Å². The predicted octanol–water partition coefficient (Wildman–Crippen LogP) is 3.10. The summed E-state index contributed by atoms with van der Waals surface area (Å²) >= 11 is 0. The molecule has 0 aliphatic carbocycles. The van der Waals surface area contributed by atoms with Crippen LogP contribution in [0.1, 0.15) is 32.1 Å². The predicted molar refractivity (Wildman–Crippen MR) is 151 cm³/mol. The Morgan fingerprint density at radius 3 is 2.08 bits per heavy atom. The molecule has 3 N–H and O–H groups in total. The van der Waals surface area contributed by atoms with Crippen LogP contribution in [0.25, 0.3) is 0 Å². The fraction of sp³-hybridized carbons (Fsp3) is 0.483. The number of ketones is 1. The Bertz CT molecular complexity index is 1130. The minimum Gasteiger partial charge on any atom is -0.399 e. The van der Waals surface area contributed by atoms with Gasteiger partial charge in [-0.05, 0) is 67.8 Å². The van der Waals surface area contributed by atoms with Crippen molar-refractivity contribution in [2.75, 3.05) is 72.8 Å². The van der Waals surface area contributed by atoms with E-state index in [0.29, 0.717) is 25.3 Å². The zero-order valence-corrected chi connectivity index (χ0v) is 22.0. The van der Waals surface area contributed by atoms with E-state index in [9.17, 15) is 14.4 Å². The summed E-state index contributed by atoms with van der Waals surface area (Å²) in [6.45, 7) is 6.29. The highest BCUT2D eigenvalue weighted by molar-refractivity contribution is 6.05. The van der Waals surface area contributed by atoms with Crippen molar-refractivity contribution in [1.29, 1.82) is 0 Å². The number of nitrogen functional groups attached to an aromatic ring is 1. The molecular weight excluding hydrogens is 480 g/mol. The largest absolute Gasteiger partial charge is 0.399 e. The molecule has 3 aliphatic heterocycles. The van der Waals surface area contributed by atoms with E-state index in [4.69, 9.17) is 5.73 Å². The molecule has 9 nitrogen and oxygen atoms in total. The molecule has 1 unspecified atom stereocenters. The van der Waals surface area contributed by atoms with Gasteiger partial charge >= 0.3 is 6.03 Å². The number of piperazine rings is 1. The summed E-state index contributed by atoms with van der Waals surface area (Å²) in [4.78, 5) is 45.4. The summed E-state index contributed by atoms with van der Waals surface area (Å²) in [6.07, 6.45) is 4.39. The maximum atomic E-state index is 13.3. The van der Waals surface area contributed by atoms with E-state index in [0.717, 1.165) is 82.0 Å². The molecular formula is C29H38N6O3. The third-order valence-corrected chi connectivity index (χ3v) is 8.02. The van der Waals surface area contributed by atoms with E-state index >= 15 is 0 Å². The third-order valence-electron chi connectivity index (χ3n) is 8.02. The fourth-order valence-corrected chi connectivity index (χ4v) is 5.69. The number of anilines is 4. The van der Waals surface area contributed by atoms with Crippen LogP contribution < -0.4 is 25.8 Å². The highest BCUT2D eigenvalue weighted by Gasteiger charge is 2.27. The summed E-state index contributed by atoms with van der Waals surface area (Å²) in [7, 11) is 0. The first kappa shape index (κ1) is 26.0. The van der Waals surface area contributed by atoms with Crippen LogP contribution in [0.3, 0.4) is 0 Å². The van der Waals surface area contributed by atoms with Crippen molar-refractivity contribution in [3.63, 3.8) is 0 Å². The van der Waals surface area contributed by atoms with Gasteiger partial charge in [0, 0.05) is 80.9 Å². The molecule has 0 saturated carbocycles. The molecule has 0 radical (unpaired) electrons. The Balaban J connectivity index is 1.09. The number of carbonyl (C=O) groups excluding carboxylic acids is 3. The lowest BCUT2D eigenvalue weighted by Crippen LogP contribution is -2.49. The van der Waals surface area contributed by atoms with Gasteiger partial charge in [0.25, 0.3) is 0 Å². The zero-order chi connectivity index (χ0) is 26.5. The van der Waals surface area contributed by atoms with E-state index in [1.54, 1.807) is 4.90 Å². The number of Topliss-reactive ketones (excluding diaryl/α,β-unsaturated/α-hetero) is 1. The maximum Gasteiger partial charge on any atom is 0.328 e. The molecule has 0 bridgehead atoms. The number of nitrogens with zero attached hydrogens (tertiary/aromatic N) is 4. The number of hydrogen-bond donors (Lipinski definition) is 2. The van der Waals surface area contributed by atoms with Gasteiger partial charge in [-0.15, -0.1) is 0 Å². The molecule has 0 spiro atoms. The molecule has 202 valence electrons. The monoisotopic (exact) mass is 518 g/mol. The van der Waals surface area contributed by atoms with Crippen LogP contribution in [-0.2, 0) is 9.59 Å². The minimum absolute atomic E-state index is 0.124. The molecule has 1 atom stereocenters. The van der Waals surface area contributed by atoms with Crippen LogP contribution in [-0.4, -0.2) is 75.0 Å². The quantitative estimate of drug-likeness (QED) is 0.567. The molecule has 0 aromatic heterocycles. The van der Waals surface area contributed by atoms with Crippen LogP contribution in [0, 0.1) is 5.92 Å². The number of carbonyl (C=O) groups is 3. The first-order chi connectivity index (χ1) is 18.5. The lowest BCUT2D eigenvalue weighted by Gasteiger charge is -2.37. The first-order valence-corrected chi connectivity index (χ1v) is 13.8.